The molecule has 0 radical (unpaired) electrons. The van der Waals surface area contributed by atoms with Crippen molar-refractivity contribution >= 4 is 29.3 Å². The van der Waals surface area contributed by atoms with Gasteiger partial charge in [-0.3, -0.25) is 24.0 Å². The number of likely N-dealkylation sites (N-methyl/N-ethyl adjacent to an activating group) is 1. The van der Waals surface area contributed by atoms with Crippen molar-refractivity contribution in [2.24, 2.45) is 5.92 Å². The van der Waals surface area contributed by atoms with Crippen molar-refractivity contribution in [1.29, 1.82) is 0 Å². The molecule has 10 nitrogen and oxygen atoms in total. The predicted molar refractivity (Wildman–Crippen MR) is 421 cm³/mol. The molecular formula is C86H171N5O5. The zero-order chi connectivity index (χ0) is 70.4. The number of unbranched alkanes of at least 4 members (excludes halogenated alkanes) is 48. The summed E-state index contributed by atoms with van der Waals surface area (Å²) in [6.45, 7) is 23.0. The van der Waals surface area contributed by atoms with E-state index in [1.165, 1.54) is 302 Å². The maximum Gasteiger partial charge on any atom is 0.221 e. The predicted octanol–water partition coefficient (Wildman–Crippen LogP) is 24.8. The van der Waals surface area contributed by atoms with E-state index < -0.39 is 0 Å². The zero-order valence-corrected chi connectivity index (χ0v) is 66.1. The Hall–Kier alpha value is -2.33. The van der Waals surface area contributed by atoms with Gasteiger partial charge in [0.2, 0.25) is 17.7 Å². The number of nitrogens with zero attached hydrogens (tertiary/aromatic N) is 2. The fourth-order valence-electron chi connectivity index (χ4n) is 13.5. The SMILES string of the molecule is CCCCCCCCCCCCCC(=O)CCN(CCC(=O)CCCCCCCCCCCC)CCN(CC)CCC(=O)NCCCCCCCCCCCC.CCCCCCCCCCCCNC(=O)CCC(CCCCC)CCC(=O)NCCCCCCCCCCCC. The molecule has 0 saturated carbocycles. The Morgan fingerprint density at radius 3 is 0.729 bits per heavy atom. The second-order valence-electron chi connectivity index (χ2n) is 29.9. The van der Waals surface area contributed by atoms with Gasteiger partial charge in [-0.1, -0.05) is 370 Å². The summed E-state index contributed by atoms with van der Waals surface area (Å²) >= 11 is 0. The molecule has 3 amide bonds. The molecule has 570 valence electrons. The number of amides is 3. The van der Waals surface area contributed by atoms with Gasteiger partial charge in [-0.05, 0) is 57.4 Å². The molecule has 0 fully saturated rings. The first-order valence-electron chi connectivity index (χ1n) is 43.4. The summed E-state index contributed by atoms with van der Waals surface area (Å²) in [5.41, 5.74) is 0. The Balaban J connectivity index is 0. The van der Waals surface area contributed by atoms with Crippen LogP contribution in [-0.2, 0) is 24.0 Å². The summed E-state index contributed by atoms with van der Waals surface area (Å²) in [6, 6.07) is 0. The monoisotopic (exact) mass is 1350 g/mol. The van der Waals surface area contributed by atoms with Crippen LogP contribution in [0, 0.1) is 5.92 Å². The average molecular weight is 1360 g/mol. The van der Waals surface area contributed by atoms with E-state index >= 15 is 0 Å². The molecule has 96 heavy (non-hydrogen) atoms. The van der Waals surface area contributed by atoms with Gasteiger partial charge in [-0.15, -0.1) is 0 Å². The van der Waals surface area contributed by atoms with Crippen molar-refractivity contribution in [3.05, 3.63) is 0 Å². The Kier molecular flexibility index (Phi) is 81.4. The topological polar surface area (TPSA) is 128 Å². The minimum absolute atomic E-state index is 0.154. The highest BCUT2D eigenvalue weighted by atomic mass is 16.2. The second kappa shape index (κ2) is 81.6. The van der Waals surface area contributed by atoms with E-state index in [2.05, 4.69) is 74.2 Å². The van der Waals surface area contributed by atoms with Gasteiger partial charge in [0.1, 0.15) is 11.6 Å². The lowest BCUT2D eigenvalue weighted by atomic mass is 9.91. The molecule has 0 aromatic rings. The highest BCUT2D eigenvalue weighted by molar-refractivity contribution is 5.79. The Morgan fingerprint density at radius 2 is 0.448 bits per heavy atom. The van der Waals surface area contributed by atoms with Gasteiger partial charge in [-0.25, -0.2) is 0 Å². The lowest BCUT2D eigenvalue weighted by Crippen LogP contribution is -2.39. The van der Waals surface area contributed by atoms with E-state index in [1.54, 1.807) is 0 Å². The lowest BCUT2D eigenvalue weighted by Gasteiger charge is -2.27. The molecule has 0 aliphatic rings. The fourth-order valence-corrected chi connectivity index (χ4v) is 13.5. The fraction of sp³-hybridized carbons (Fsp3) is 0.942. The molecule has 0 aliphatic carbocycles. The number of hydrogen-bond acceptors (Lipinski definition) is 7. The van der Waals surface area contributed by atoms with Gasteiger partial charge in [-0.2, -0.15) is 0 Å². The van der Waals surface area contributed by atoms with Gasteiger partial charge in [0, 0.05) is 97.3 Å². The number of rotatable bonds is 79. The summed E-state index contributed by atoms with van der Waals surface area (Å²) in [5.74, 6) is 1.77. The van der Waals surface area contributed by atoms with Crippen molar-refractivity contribution in [3.63, 3.8) is 0 Å². The summed E-state index contributed by atoms with van der Waals surface area (Å²) in [5, 5.41) is 9.43. The zero-order valence-electron chi connectivity index (χ0n) is 66.1. The summed E-state index contributed by atoms with van der Waals surface area (Å²) < 4.78 is 0. The number of ketones is 2. The first-order chi connectivity index (χ1) is 47.1. The minimum atomic E-state index is 0.154. The van der Waals surface area contributed by atoms with Crippen LogP contribution < -0.4 is 16.0 Å². The van der Waals surface area contributed by atoms with Crippen LogP contribution in [0.3, 0.4) is 0 Å². The largest absolute Gasteiger partial charge is 0.356 e. The van der Waals surface area contributed by atoms with Crippen molar-refractivity contribution in [3.8, 4) is 0 Å². The molecule has 0 rings (SSSR count). The third-order valence-corrected chi connectivity index (χ3v) is 20.4. The summed E-state index contributed by atoms with van der Waals surface area (Å²) in [4.78, 5) is 67.9. The number of Topliss-reactive ketones (excluding diaryl/α,β-unsaturated/α-hetero) is 2. The first-order valence-corrected chi connectivity index (χ1v) is 43.4. The van der Waals surface area contributed by atoms with Crippen molar-refractivity contribution in [2.75, 3.05) is 58.9 Å². The first kappa shape index (κ1) is 95.7. The van der Waals surface area contributed by atoms with Crippen LogP contribution in [-0.4, -0.2) is 98.0 Å². The van der Waals surface area contributed by atoms with E-state index in [0.29, 0.717) is 62.4 Å². The van der Waals surface area contributed by atoms with Crippen LogP contribution >= 0.6 is 0 Å². The van der Waals surface area contributed by atoms with Crippen LogP contribution in [0.25, 0.3) is 0 Å². The molecule has 0 atom stereocenters. The van der Waals surface area contributed by atoms with Gasteiger partial charge >= 0.3 is 0 Å². The van der Waals surface area contributed by atoms with Crippen LogP contribution in [0.2, 0.25) is 0 Å². The standard InChI is InChI=1S/C50H99N3O3.C36H72N2O2/c1-5-9-12-15-18-21-24-26-29-32-35-38-49(55)40-44-53(43-39-48(54)37-34-31-28-25-22-19-16-13-10-6-2)47-46-52(8-4)45-41-50(56)51-42-36-33-30-27-23-20-17-14-11-7-3;1-4-7-10-12-14-16-18-20-22-25-32-37-35(39)30-28-34(27-24-9-6-3)29-31-36(40)38-33-26-23-21-19-17-15-13-11-8-5-2/h5-47H2,1-4H3,(H,51,56);34H,4-33H2,1-3H3,(H,37,39)(H,38,40). The van der Waals surface area contributed by atoms with Gasteiger partial charge in [0.05, 0.1) is 0 Å². The second-order valence-corrected chi connectivity index (χ2v) is 29.9. The van der Waals surface area contributed by atoms with Gasteiger partial charge in [0.25, 0.3) is 0 Å². The van der Waals surface area contributed by atoms with E-state index in [1.807, 2.05) is 0 Å². The van der Waals surface area contributed by atoms with Crippen LogP contribution in [0.4, 0.5) is 0 Å². The number of carbonyl (C=O) groups is 5. The average Bonchev–Trinajstić information content (AvgIpc) is 3.80. The molecule has 0 bridgehead atoms. The summed E-state index contributed by atoms with van der Waals surface area (Å²) in [6.07, 6.45) is 77.5. The third kappa shape index (κ3) is 77.4. The van der Waals surface area contributed by atoms with Crippen LogP contribution in [0.15, 0.2) is 0 Å². The molecule has 10 heteroatoms. The van der Waals surface area contributed by atoms with E-state index in [-0.39, 0.29) is 17.7 Å². The summed E-state index contributed by atoms with van der Waals surface area (Å²) in [7, 11) is 0. The molecule has 0 aliphatic heterocycles. The van der Waals surface area contributed by atoms with E-state index in [9.17, 15) is 24.0 Å². The minimum Gasteiger partial charge on any atom is -0.356 e. The molecule has 0 spiro atoms. The highest BCUT2D eigenvalue weighted by Crippen LogP contribution is 2.22. The third-order valence-electron chi connectivity index (χ3n) is 20.4. The molecule has 3 N–H and O–H groups in total. The van der Waals surface area contributed by atoms with Gasteiger partial charge in [0.15, 0.2) is 0 Å². The number of carbonyl (C=O) groups excluding carboxylic acids is 5. The lowest BCUT2D eigenvalue weighted by molar-refractivity contribution is -0.122. The van der Waals surface area contributed by atoms with Crippen molar-refractivity contribution < 1.29 is 24.0 Å². The molecule has 0 saturated heterocycles. The Morgan fingerprint density at radius 1 is 0.219 bits per heavy atom. The smallest absolute Gasteiger partial charge is 0.221 e. The maximum absolute atomic E-state index is 12.9. The van der Waals surface area contributed by atoms with E-state index in [0.717, 1.165) is 123 Å². The van der Waals surface area contributed by atoms with E-state index in [4.69, 9.17) is 0 Å². The van der Waals surface area contributed by atoms with Crippen LogP contribution in [0.1, 0.15) is 459 Å². The molecule has 0 heterocycles. The van der Waals surface area contributed by atoms with Crippen LogP contribution in [0.5, 0.6) is 0 Å². The Labute approximate surface area is 600 Å². The molecule has 0 aromatic heterocycles. The molecular weight excluding hydrogens is 1180 g/mol. The molecule has 0 aromatic carbocycles. The maximum atomic E-state index is 12.9. The Bertz CT molecular complexity index is 1570. The quantitative estimate of drug-likeness (QED) is 0.0518. The highest BCUT2D eigenvalue weighted by Gasteiger charge is 2.16. The number of hydrogen-bond donors (Lipinski definition) is 3. The van der Waals surface area contributed by atoms with Crippen molar-refractivity contribution in [2.45, 2.75) is 459 Å². The number of nitrogens with one attached hydrogen (secondary N) is 3. The molecule has 0 unspecified atom stereocenters. The normalized spacial score (nSPS) is 11.5. The van der Waals surface area contributed by atoms with Crippen molar-refractivity contribution in [1.82, 2.24) is 25.8 Å². The van der Waals surface area contributed by atoms with Gasteiger partial charge < -0.3 is 25.8 Å².